The fourth-order valence-electron chi connectivity index (χ4n) is 1.75. The van der Waals surface area contributed by atoms with E-state index in [0.29, 0.717) is 15.6 Å². The summed E-state index contributed by atoms with van der Waals surface area (Å²) in [4.78, 5) is 12.2. The number of aryl methyl sites for hydroxylation is 2. The molecule has 2 aromatic carbocycles. The minimum absolute atomic E-state index is 0.321. The highest BCUT2D eigenvalue weighted by Gasteiger charge is 2.11. The van der Waals surface area contributed by atoms with E-state index in [2.05, 4.69) is 9.68 Å². The molecule has 0 saturated heterocycles. The third-order valence-electron chi connectivity index (χ3n) is 3.13. The Labute approximate surface area is 134 Å². The van der Waals surface area contributed by atoms with Crippen LogP contribution in [0.2, 0.25) is 5.02 Å². The van der Waals surface area contributed by atoms with Gasteiger partial charge in [0.05, 0.1) is 4.90 Å². The molecule has 0 aliphatic heterocycles. The molecule has 0 saturated carbocycles. The molecule has 3 N–H and O–H groups in total. The van der Waals surface area contributed by atoms with Crippen molar-refractivity contribution < 1.29 is 9.00 Å². The van der Waals surface area contributed by atoms with Crippen LogP contribution in [0.1, 0.15) is 11.1 Å². The highest BCUT2D eigenvalue weighted by Crippen LogP contribution is 2.16. The summed E-state index contributed by atoms with van der Waals surface area (Å²) in [7, 11) is -3.29. The largest absolute Gasteiger partial charge is 0.354 e. The van der Waals surface area contributed by atoms with E-state index in [1.807, 2.05) is 13.8 Å². The number of nitrogens with zero attached hydrogens (tertiary/aromatic N) is 1. The molecule has 7 heteroatoms. The molecule has 0 spiro atoms. The fourth-order valence-corrected chi connectivity index (χ4v) is 2.88. The van der Waals surface area contributed by atoms with Crippen molar-refractivity contribution in [2.45, 2.75) is 18.7 Å². The lowest BCUT2D eigenvalue weighted by molar-refractivity contribution is 0.260. The number of anilines is 1. The predicted octanol–water partition coefficient (Wildman–Crippen LogP) is 3.89. The molecule has 1 unspecified atom stereocenters. The van der Waals surface area contributed by atoms with Crippen LogP contribution in [0.3, 0.4) is 0 Å². The Morgan fingerprint density at radius 1 is 1.14 bits per heavy atom. The number of nitrogens with two attached hydrogens (primary N) is 1. The van der Waals surface area contributed by atoms with Gasteiger partial charge in [0.15, 0.2) is 0 Å². The first kappa shape index (κ1) is 16.5. The molecule has 0 radical (unpaired) electrons. The summed E-state index contributed by atoms with van der Waals surface area (Å²) in [5.41, 5.74) is 2.47. The van der Waals surface area contributed by atoms with E-state index in [1.165, 1.54) is 0 Å². The monoisotopic (exact) mass is 337 g/mol. The second kappa shape index (κ2) is 6.48. The van der Waals surface area contributed by atoms with Gasteiger partial charge in [-0.1, -0.05) is 17.7 Å². The van der Waals surface area contributed by atoms with Gasteiger partial charge in [-0.2, -0.15) is 0 Å². The molecule has 0 aromatic heterocycles. The molecule has 5 nitrogen and oxygen atoms in total. The molecule has 22 heavy (non-hydrogen) atoms. The Morgan fingerprint density at radius 2 is 1.77 bits per heavy atom. The molecule has 2 aromatic rings. The van der Waals surface area contributed by atoms with Gasteiger partial charge in [-0.3, -0.25) is 0 Å². The Balaban J connectivity index is 2.25. The van der Waals surface area contributed by atoms with Crippen molar-refractivity contribution in [1.29, 1.82) is 0 Å². The van der Waals surface area contributed by atoms with Crippen molar-refractivity contribution in [3.8, 4) is 0 Å². The van der Waals surface area contributed by atoms with Gasteiger partial charge in [0, 0.05) is 10.7 Å². The van der Waals surface area contributed by atoms with Crippen LogP contribution in [0, 0.1) is 13.8 Å². The summed E-state index contributed by atoms with van der Waals surface area (Å²) in [5, 5.41) is 8.76. The lowest BCUT2D eigenvalue weighted by atomic mass is 10.1. The predicted molar refractivity (Wildman–Crippen MR) is 89.4 cm³/mol. The highest BCUT2D eigenvalue weighted by atomic mass is 35.5. The van der Waals surface area contributed by atoms with Gasteiger partial charge >= 0.3 is 6.03 Å². The quantitative estimate of drug-likeness (QED) is 0.871. The smallest absolute Gasteiger partial charge is 0.306 e. The van der Waals surface area contributed by atoms with E-state index in [9.17, 15) is 9.00 Å². The molecule has 116 valence electrons. The first-order chi connectivity index (χ1) is 10.3. The van der Waals surface area contributed by atoms with Crippen LogP contribution in [0.5, 0.6) is 0 Å². The first-order valence-electron chi connectivity index (χ1n) is 6.47. The maximum Gasteiger partial charge on any atom is 0.354 e. The van der Waals surface area contributed by atoms with E-state index >= 15 is 0 Å². The highest BCUT2D eigenvalue weighted by molar-refractivity contribution is 7.91. The zero-order valence-electron chi connectivity index (χ0n) is 12.2. The van der Waals surface area contributed by atoms with E-state index in [4.69, 9.17) is 16.7 Å². The molecule has 2 amide bonds. The Bertz CT molecular complexity index is 825. The molecule has 0 bridgehead atoms. The third kappa shape index (κ3) is 4.07. The number of halogens is 1. The molecule has 0 aliphatic carbocycles. The van der Waals surface area contributed by atoms with E-state index < -0.39 is 15.9 Å². The topological polar surface area (TPSA) is 84.6 Å². The average Bonchev–Trinajstić information content (AvgIpc) is 2.43. The zero-order chi connectivity index (χ0) is 16.3. The summed E-state index contributed by atoms with van der Waals surface area (Å²) in [6.07, 6.45) is 0. The lowest BCUT2D eigenvalue weighted by Crippen LogP contribution is -2.17. The summed E-state index contributed by atoms with van der Waals surface area (Å²) >= 11 is 5.76. The number of carbonyl (C=O) groups is 1. The number of hydrogen-bond acceptors (Lipinski definition) is 2. The van der Waals surface area contributed by atoms with Crippen LogP contribution in [-0.4, -0.2) is 10.2 Å². The molecular formula is C15H16ClN3O2S. The van der Waals surface area contributed by atoms with Gasteiger partial charge in [-0.25, -0.2) is 14.1 Å². The number of nitrogens with one attached hydrogen (secondary N) is 1. The summed E-state index contributed by atoms with van der Waals surface area (Å²) in [6.45, 7) is 3.81. The molecule has 2 rings (SSSR count). The van der Waals surface area contributed by atoms with Crippen LogP contribution >= 0.6 is 11.6 Å². The van der Waals surface area contributed by atoms with Crippen LogP contribution in [0.25, 0.3) is 0 Å². The van der Waals surface area contributed by atoms with Crippen LogP contribution in [0.4, 0.5) is 10.5 Å². The number of rotatable bonds is 2. The standard InChI is InChI=1S/C15H16ClN3O2S/c1-10-3-8-14(9-11(10)2)22(17,21)19-15(20)18-13-6-4-12(16)5-7-13/h3-9H,1-2H3,(H3,17,18,19,20,21). The van der Waals surface area contributed by atoms with E-state index in [-0.39, 0.29) is 0 Å². The van der Waals surface area contributed by atoms with Gasteiger partial charge < -0.3 is 5.32 Å². The van der Waals surface area contributed by atoms with Gasteiger partial charge in [0.2, 0.25) is 0 Å². The number of benzene rings is 2. The average molecular weight is 338 g/mol. The number of amides is 2. The number of urea groups is 1. The lowest BCUT2D eigenvalue weighted by Gasteiger charge is -2.07. The summed E-state index contributed by atoms with van der Waals surface area (Å²) in [6, 6.07) is 10.8. The second-order valence-corrected chi connectivity index (χ2v) is 7.07. The fraction of sp³-hybridized carbons (Fsp3) is 0.133. The maximum atomic E-state index is 12.4. The third-order valence-corrected chi connectivity index (χ3v) is 4.75. The second-order valence-electron chi connectivity index (χ2n) is 4.84. The van der Waals surface area contributed by atoms with Gasteiger partial charge in [-0.15, -0.1) is 4.36 Å². The first-order valence-corrected chi connectivity index (χ1v) is 8.42. The van der Waals surface area contributed by atoms with Crippen molar-refractivity contribution in [3.63, 3.8) is 0 Å². The molecule has 1 atom stereocenters. The number of hydrogen-bond donors (Lipinski definition) is 2. The molecule has 0 fully saturated rings. The normalized spacial score (nSPS) is 13.3. The maximum absolute atomic E-state index is 12.4. The zero-order valence-corrected chi connectivity index (χ0v) is 13.7. The van der Waals surface area contributed by atoms with E-state index in [1.54, 1.807) is 42.5 Å². The van der Waals surface area contributed by atoms with Crippen LogP contribution < -0.4 is 10.5 Å². The van der Waals surface area contributed by atoms with Crippen molar-refractivity contribution >= 4 is 33.2 Å². The van der Waals surface area contributed by atoms with E-state index in [0.717, 1.165) is 11.1 Å². The minimum Gasteiger partial charge on any atom is -0.306 e. The Morgan fingerprint density at radius 3 is 2.36 bits per heavy atom. The minimum atomic E-state index is -3.29. The van der Waals surface area contributed by atoms with Crippen molar-refractivity contribution in [2.75, 3.05) is 5.32 Å². The van der Waals surface area contributed by atoms with Crippen LogP contribution in [-0.2, 0) is 9.92 Å². The van der Waals surface area contributed by atoms with Crippen molar-refractivity contribution in [3.05, 3.63) is 58.6 Å². The van der Waals surface area contributed by atoms with Crippen molar-refractivity contribution in [1.82, 2.24) is 0 Å². The van der Waals surface area contributed by atoms with Gasteiger partial charge in [0.25, 0.3) is 0 Å². The Kier molecular flexibility index (Phi) is 4.85. The number of carbonyl (C=O) groups excluding carboxylic acids is 1. The summed E-state index contributed by atoms with van der Waals surface area (Å²) in [5.74, 6) is 0. The van der Waals surface area contributed by atoms with Gasteiger partial charge in [0.1, 0.15) is 9.92 Å². The van der Waals surface area contributed by atoms with Gasteiger partial charge in [-0.05, 0) is 61.4 Å². The van der Waals surface area contributed by atoms with Crippen LogP contribution in [0.15, 0.2) is 51.7 Å². The molecular weight excluding hydrogens is 322 g/mol. The molecule has 0 heterocycles. The van der Waals surface area contributed by atoms with Crippen molar-refractivity contribution in [2.24, 2.45) is 9.50 Å². The SMILES string of the molecule is Cc1ccc(S(N)(=O)=NC(=O)Nc2ccc(Cl)cc2)cc1C. The summed E-state index contributed by atoms with van der Waals surface area (Å²) < 4.78 is 16.0. The molecule has 0 aliphatic rings. The Hall–Kier alpha value is -1.89.